The molecule has 4 N–H and O–H groups in total. The molecule has 0 saturated carbocycles. The van der Waals surface area contributed by atoms with Crippen LogP contribution in [-0.2, 0) is 6.42 Å². The molecule has 3 rings (SSSR count). The minimum absolute atomic E-state index is 0.365. The molecule has 1 aromatic carbocycles. The van der Waals surface area contributed by atoms with Crippen molar-refractivity contribution < 1.29 is 4.79 Å². The molecule has 128 valence electrons. The number of nitrogens with two attached hydrogens (primary N) is 1. The Morgan fingerprint density at radius 2 is 1.84 bits per heavy atom. The fourth-order valence-electron chi connectivity index (χ4n) is 2.30. The average molecular weight is 353 g/mol. The Labute approximate surface area is 150 Å². The van der Waals surface area contributed by atoms with Gasteiger partial charge in [-0.2, -0.15) is 0 Å². The third-order valence-corrected chi connectivity index (χ3v) is 4.35. The van der Waals surface area contributed by atoms with E-state index in [4.69, 9.17) is 5.73 Å². The number of pyridine rings is 1. The summed E-state index contributed by atoms with van der Waals surface area (Å²) in [5.41, 5.74) is 8.31. The fraction of sp³-hybridized carbons (Fsp3) is 0.167. The van der Waals surface area contributed by atoms with Gasteiger partial charge in [0.1, 0.15) is 16.6 Å². The van der Waals surface area contributed by atoms with Crippen LogP contribution < -0.4 is 16.4 Å². The first kappa shape index (κ1) is 16.9. The van der Waals surface area contributed by atoms with E-state index in [0.717, 1.165) is 29.1 Å². The first-order valence-corrected chi connectivity index (χ1v) is 8.87. The number of hydrogen-bond acceptors (Lipinski definition) is 5. The monoisotopic (exact) mass is 353 g/mol. The number of nitrogens with zero attached hydrogens (tertiary/aromatic N) is 2. The molecule has 3 aromatic rings. The molecule has 25 heavy (non-hydrogen) atoms. The summed E-state index contributed by atoms with van der Waals surface area (Å²) in [5.74, 6) is 1.02. The van der Waals surface area contributed by atoms with Crippen LogP contribution in [0, 0.1) is 0 Å². The number of aromatic nitrogens is 2. The highest BCUT2D eigenvalue weighted by molar-refractivity contribution is 7.13. The lowest BCUT2D eigenvalue weighted by atomic mass is 10.2. The average Bonchev–Trinajstić information content (AvgIpc) is 3.04. The SMILES string of the molecule is CCCc1cccc(NC(=O)Nc2csc(-c3ccc(N)cc3)n2)n1. The Kier molecular flexibility index (Phi) is 5.25. The van der Waals surface area contributed by atoms with E-state index in [1.54, 1.807) is 11.4 Å². The van der Waals surface area contributed by atoms with Crippen LogP contribution in [0.5, 0.6) is 0 Å². The summed E-state index contributed by atoms with van der Waals surface area (Å²) in [4.78, 5) is 21.0. The number of benzene rings is 1. The highest BCUT2D eigenvalue weighted by Crippen LogP contribution is 2.26. The summed E-state index contributed by atoms with van der Waals surface area (Å²) >= 11 is 1.46. The second-order valence-corrected chi connectivity index (χ2v) is 6.36. The summed E-state index contributed by atoms with van der Waals surface area (Å²) in [6.45, 7) is 2.09. The van der Waals surface area contributed by atoms with Crippen molar-refractivity contribution in [1.82, 2.24) is 9.97 Å². The zero-order valence-electron chi connectivity index (χ0n) is 13.8. The van der Waals surface area contributed by atoms with Crippen molar-refractivity contribution in [2.24, 2.45) is 0 Å². The van der Waals surface area contributed by atoms with Crippen LogP contribution >= 0.6 is 11.3 Å². The highest BCUT2D eigenvalue weighted by Gasteiger charge is 2.09. The van der Waals surface area contributed by atoms with Gasteiger partial charge in [0.15, 0.2) is 0 Å². The molecule has 0 aliphatic carbocycles. The van der Waals surface area contributed by atoms with Crippen molar-refractivity contribution in [3.63, 3.8) is 0 Å². The molecule has 0 aliphatic heterocycles. The van der Waals surface area contributed by atoms with Crippen molar-refractivity contribution in [1.29, 1.82) is 0 Å². The summed E-state index contributed by atoms with van der Waals surface area (Å²) in [7, 11) is 0. The van der Waals surface area contributed by atoms with Crippen LogP contribution in [0.3, 0.4) is 0 Å². The van der Waals surface area contributed by atoms with E-state index in [2.05, 4.69) is 27.5 Å². The minimum atomic E-state index is -0.365. The zero-order chi connectivity index (χ0) is 17.6. The first-order valence-electron chi connectivity index (χ1n) is 7.99. The molecule has 0 bridgehead atoms. The first-order chi connectivity index (χ1) is 12.1. The Bertz CT molecular complexity index is 860. The summed E-state index contributed by atoms with van der Waals surface area (Å²) in [6, 6.07) is 12.7. The van der Waals surface area contributed by atoms with E-state index >= 15 is 0 Å². The van der Waals surface area contributed by atoms with Gasteiger partial charge in [-0.3, -0.25) is 10.6 Å². The number of anilines is 3. The number of carbonyl (C=O) groups is 1. The number of nitrogen functional groups attached to an aromatic ring is 1. The fourth-order valence-corrected chi connectivity index (χ4v) is 3.06. The maximum atomic E-state index is 12.1. The number of nitrogens with one attached hydrogen (secondary N) is 2. The van der Waals surface area contributed by atoms with Gasteiger partial charge in [0.2, 0.25) is 0 Å². The molecule has 0 atom stereocenters. The largest absolute Gasteiger partial charge is 0.399 e. The van der Waals surface area contributed by atoms with Gasteiger partial charge in [0, 0.05) is 22.3 Å². The lowest BCUT2D eigenvalue weighted by molar-refractivity contribution is 0.262. The molecule has 0 fully saturated rings. The number of aryl methyl sites for hydroxylation is 1. The van der Waals surface area contributed by atoms with E-state index in [1.165, 1.54) is 11.3 Å². The normalized spacial score (nSPS) is 10.4. The van der Waals surface area contributed by atoms with Gasteiger partial charge in [0.05, 0.1) is 0 Å². The predicted molar refractivity (Wildman–Crippen MR) is 103 cm³/mol. The van der Waals surface area contributed by atoms with Crippen LogP contribution in [0.15, 0.2) is 47.8 Å². The van der Waals surface area contributed by atoms with Gasteiger partial charge in [-0.05, 0) is 42.8 Å². The Hall–Kier alpha value is -2.93. The van der Waals surface area contributed by atoms with Gasteiger partial charge in [-0.1, -0.05) is 19.4 Å². The molecule has 0 unspecified atom stereocenters. The van der Waals surface area contributed by atoms with Crippen LogP contribution in [0.4, 0.5) is 22.1 Å². The van der Waals surface area contributed by atoms with E-state index in [1.807, 2.05) is 36.4 Å². The van der Waals surface area contributed by atoms with E-state index < -0.39 is 0 Å². The Morgan fingerprint density at radius 3 is 2.60 bits per heavy atom. The molecule has 6 nitrogen and oxygen atoms in total. The van der Waals surface area contributed by atoms with Crippen LogP contribution in [-0.4, -0.2) is 16.0 Å². The van der Waals surface area contributed by atoms with E-state index in [9.17, 15) is 4.79 Å². The topological polar surface area (TPSA) is 92.9 Å². The number of carbonyl (C=O) groups excluding carboxylic acids is 1. The second-order valence-electron chi connectivity index (χ2n) is 5.50. The van der Waals surface area contributed by atoms with Gasteiger partial charge in [0.25, 0.3) is 0 Å². The molecule has 0 spiro atoms. The number of rotatable bonds is 5. The standard InChI is InChI=1S/C18H19N5OS/c1-2-4-14-5-3-6-15(20-14)22-18(24)23-16-11-25-17(21-16)12-7-9-13(19)10-8-12/h3,5-11H,2,4,19H2,1H3,(H2,20,22,23,24). The molecule has 2 amide bonds. The van der Waals surface area contributed by atoms with Gasteiger partial charge < -0.3 is 5.73 Å². The molecule has 0 aliphatic rings. The number of thiazole rings is 1. The van der Waals surface area contributed by atoms with Gasteiger partial charge in [-0.15, -0.1) is 11.3 Å². The van der Waals surface area contributed by atoms with Gasteiger partial charge in [-0.25, -0.2) is 14.8 Å². The van der Waals surface area contributed by atoms with E-state index in [0.29, 0.717) is 17.3 Å². The third kappa shape index (κ3) is 4.54. The predicted octanol–water partition coefficient (Wildman–Crippen LogP) is 4.38. The van der Waals surface area contributed by atoms with Crippen LogP contribution in [0.2, 0.25) is 0 Å². The maximum absolute atomic E-state index is 12.1. The van der Waals surface area contributed by atoms with Crippen LogP contribution in [0.1, 0.15) is 19.0 Å². The molecule has 2 heterocycles. The second kappa shape index (κ2) is 7.76. The number of hydrogen-bond donors (Lipinski definition) is 3. The van der Waals surface area contributed by atoms with Crippen molar-refractivity contribution in [3.8, 4) is 10.6 Å². The summed E-state index contributed by atoms with van der Waals surface area (Å²) < 4.78 is 0. The maximum Gasteiger partial charge on any atom is 0.326 e. The quantitative estimate of drug-likeness (QED) is 0.593. The summed E-state index contributed by atoms with van der Waals surface area (Å²) in [6.07, 6.45) is 1.89. The van der Waals surface area contributed by atoms with Crippen molar-refractivity contribution in [3.05, 3.63) is 53.5 Å². The smallest absolute Gasteiger partial charge is 0.326 e. The van der Waals surface area contributed by atoms with Crippen molar-refractivity contribution in [2.45, 2.75) is 19.8 Å². The molecule has 0 saturated heterocycles. The number of amides is 2. The molecule has 7 heteroatoms. The highest BCUT2D eigenvalue weighted by atomic mass is 32.1. The van der Waals surface area contributed by atoms with Crippen molar-refractivity contribution in [2.75, 3.05) is 16.4 Å². The minimum Gasteiger partial charge on any atom is -0.399 e. The lowest BCUT2D eigenvalue weighted by Crippen LogP contribution is -2.20. The van der Waals surface area contributed by atoms with Crippen molar-refractivity contribution >= 4 is 34.7 Å². The molecule has 2 aromatic heterocycles. The molecular formula is C18H19N5OS. The molecular weight excluding hydrogens is 334 g/mol. The Morgan fingerprint density at radius 1 is 1.08 bits per heavy atom. The van der Waals surface area contributed by atoms with Gasteiger partial charge >= 0.3 is 6.03 Å². The molecule has 0 radical (unpaired) electrons. The Balaban J connectivity index is 1.63. The van der Waals surface area contributed by atoms with E-state index in [-0.39, 0.29) is 6.03 Å². The number of urea groups is 1. The zero-order valence-corrected chi connectivity index (χ0v) is 14.6. The summed E-state index contributed by atoms with van der Waals surface area (Å²) in [5, 5.41) is 8.08. The third-order valence-electron chi connectivity index (χ3n) is 3.46. The van der Waals surface area contributed by atoms with Crippen LogP contribution in [0.25, 0.3) is 10.6 Å². The lowest BCUT2D eigenvalue weighted by Gasteiger charge is -2.06.